The van der Waals surface area contributed by atoms with Gasteiger partial charge >= 0.3 is 4.87 Å². The van der Waals surface area contributed by atoms with Crippen LogP contribution in [0.1, 0.15) is 10.4 Å². The lowest BCUT2D eigenvalue weighted by Gasteiger charge is -2.06. The van der Waals surface area contributed by atoms with Crippen LogP contribution in [0.15, 0.2) is 69.1 Å². The first-order chi connectivity index (χ1) is 14.0. The number of nitro benzene ring substituents is 1. The molecule has 10 heteroatoms. The summed E-state index contributed by atoms with van der Waals surface area (Å²) >= 11 is 0.993. The lowest BCUT2D eigenvalue weighted by molar-refractivity contribution is -0.384. The maximum absolute atomic E-state index is 11.9. The Morgan fingerprint density at radius 2 is 2.03 bits per heavy atom. The van der Waals surface area contributed by atoms with Gasteiger partial charge in [0.1, 0.15) is 17.3 Å². The van der Waals surface area contributed by atoms with Crippen molar-refractivity contribution in [2.24, 2.45) is 10.2 Å². The molecule has 0 spiro atoms. The van der Waals surface area contributed by atoms with Crippen molar-refractivity contribution in [1.29, 1.82) is 0 Å². The molecule has 144 valence electrons. The molecule has 2 aromatic carbocycles. The number of thiazole rings is 1. The van der Waals surface area contributed by atoms with Crippen molar-refractivity contribution in [2.75, 3.05) is 5.32 Å². The molecule has 29 heavy (non-hydrogen) atoms. The zero-order chi connectivity index (χ0) is 20.4. The summed E-state index contributed by atoms with van der Waals surface area (Å²) in [5.74, 6) is 0.548. The van der Waals surface area contributed by atoms with E-state index in [2.05, 4.69) is 20.5 Å². The van der Waals surface area contributed by atoms with Crippen LogP contribution in [-0.2, 0) is 0 Å². The topological polar surface area (TPSA) is 133 Å². The Bertz CT molecular complexity index is 1260. The number of anilines is 2. The number of rotatable bonds is 5. The van der Waals surface area contributed by atoms with Crippen molar-refractivity contribution in [1.82, 2.24) is 4.98 Å². The van der Waals surface area contributed by atoms with Crippen LogP contribution < -0.4 is 10.2 Å². The zero-order valence-electron chi connectivity index (χ0n) is 14.7. The monoisotopic (exact) mass is 407 g/mol. The highest BCUT2D eigenvalue weighted by Gasteiger charge is 2.18. The van der Waals surface area contributed by atoms with E-state index in [1.165, 1.54) is 24.4 Å². The van der Waals surface area contributed by atoms with Gasteiger partial charge in [0, 0.05) is 35.0 Å². The maximum Gasteiger partial charge on any atom is 0.306 e. The van der Waals surface area contributed by atoms with Crippen molar-refractivity contribution in [3.63, 3.8) is 0 Å². The fraction of sp³-hybridized carbons (Fsp3) is 0. The molecule has 1 aliphatic heterocycles. The van der Waals surface area contributed by atoms with Crippen molar-refractivity contribution in [3.8, 4) is 5.75 Å². The van der Waals surface area contributed by atoms with Crippen LogP contribution in [0.3, 0.4) is 0 Å². The number of hydrogen-bond acceptors (Lipinski definition) is 8. The third kappa shape index (κ3) is 3.96. The summed E-state index contributed by atoms with van der Waals surface area (Å²) in [6.07, 6.45) is 3.25. The summed E-state index contributed by atoms with van der Waals surface area (Å²) in [6, 6.07) is 12.6. The van der Waals surface area contributed by atoms with E-state index in [1.54, 1.807) is 36.4 Å². The fourth-order valence-corrected chi connectivity index (χ4v) is 3.51. The molecule has 3 N–H and O–H groups in total. The number of aromatic hydroxyl groups is 1. The quantitative estimate of drug-likeness (QED) is 0.438. The number of nitro groups is 1. The highest BCUT2D eigenvalue weighted by molar-refractivity contribution is 7.10. The number of aromatic amines is 1. The molecule has 1 aromatic heterocycles. The van der Waals surface area contributed by atoms with Crippen LogP contribution in [-0.4, -0.2) is 26.9 Å². The Labute approximate surface area is 167 Å². The number of aromatic nitrogens is 1. The second-order valence-corrected chi connectivity index (χ2v) is 7.04. The van der Waals surface area contributed by atoms with E-state index in [9.17, 15) is 20.0 Å². The number of phenolic OH excluding ortho intramolecular Hbond substituents is 1. The van der Waals surface area contributed by atoms with E-state index in [4.69, 9.17) is 0 Å². The van der Waals surface area contributed by atoms with Crippen LogP contribution in [0.25, 0.3) is 6.08 Å². The Kier molecular flexibility index (Phi) is 4.75. The molecule has 0 saturated carbocycles. The first-order valence-electron chi connectivity index (χ1n) is 8.37. The van der Waals surface area contributed by atoms with Crippen LogP contribution in [0.5, 0.6) is 5.75 Å². The molecule has 0 aliphatic carbocycles. The predicted octanol–water partition coefficient (Wildman–Crippen LogP) is 3.67. The Morgan fingerprint density at radius 1 is 1.21 bits per heavy atom. The molecule has 2 heterocycles. The van der Waals surface area contributed by atoms with Gasteiger partial charge in [0.15, 0.2) is 0 Å². The van der Waals surface area contributed by atoms with E-state index >= 15 is 0 Å². The van der Waals surface area contributed by atoms with Gasteiger partial charge in [-0.15, -0.1) is 5.10 Å². The molecule has 4 rings (SSSR count). The molecule has 0 radical (unpaired) electrons. The van der Waals surface area contributed by atoms with Gasteiger partial charge in [0.25, 0.3) is 5.69 Å². The second-order valence-electron chi connectivity index (χ2n) is 6.03. The van der Waals surface area contributed by atoms with Gasteiger partial charge in [-0.2, -0.15) is 5.10 Å². The smallest absolute Gasteiger partial charge is 0.306 e. The van der Waals surface area contributed by atoms with E-state index in [0.717, 1.165) is 11.3 Å². The number of nitrogens with zero attached hydrogens (tertiary/aromatic N) is 3. The molecule has 0 saturated heterocycles. The minimum absolute atomic E-state index is 0.0472. The number of H-pyrrole nitrogens is 1. The highest BCUT2D eigenvalue weighted by Crippen LogP contribution is 2.27. The van der Waals surface area contributed by atoms with Crippen molar-refractivity contribution in [3.05, 3.63) is 84.3 Å². The third-order valence-electron chi connectivity index (χ3n) is 4.04. The summed E-state index contributed by atoms with van der Waals surface area (Å²) in [4.78, 5) is 25.5. The Morgan fingerprint density at radius 3 is 2.83 bits per heavy atom. The van der Waals surface area contributed by atoms with Gasteiger partial charge in [-0.3, -0.25) is 19.9 Å². The van der Waals surface area contributed by atoms with Crippen molar-refractivity contribution >= 4 is 46.5 Å². The average Bonchev–Trinajstić information content (AvgIpc) is 3.28. The normalized spacial score (nSPS) is 14.2. The molecule has 0 atom stereocenters. The second kappa shape index (κ2) is 7.52. The first kappa shape index (κ1) is 18.3. The number of benzene rings is 2. The van der Waals surface area contributed by atoms with E-state index < -0.39 is 4.92 Å². The summed E-state index contributed by atoms with van der Waals surface area (Å²) in [5.41, 5.74) is 2.19. The summed E-state index contributed by atoms with van der Waals surface area (Å²) in [6.45, 7) is 0. The molecule has 0 amide bonds. The molecular formula is C19H13N5O4S. The Balaban J connectivity index is 1.68. The molecule has 1 aliphatic rings. The van der Waals surface area contributed by atoms with Crippen molar-refractivity contribution < 1.29 is 10.0 Å². The van der Waals surface area contributed by atoms with Gasteiger partial charge in [0.05, 0.1) is 16.0 Å². The van der Waals surface area contributed by atoms with E-state index in [-0.39, 0.29) is 16.3 Å². The minimum atomic E-state index is -0.474. The number of allylic oxidation sites excluding steroid dienone is 1. The van der Waals surface area contributed by atoms with E-state index in [1.807, 2.05) is 0 Å². The minimum Gasteiger partial charge on any atom is -0.508 e. The average molecular weight is 407 g/mol. The van der Waals surface area contributed by atoms with Crippen LogP contribution in [0.2, 0.25) is 0 Å². The number of non-ortho nitro benzene ring substituents is 1. The summed E-state index contributed by atoms with van der Waals surface area (Å²) in [7, 11) is 0. The molecule has 9 nitrogen and oxygen atoms in total. The van der Waals surface area contributed by atoms with Gasteiger partial charge in [-0.05, 0) is 18.2 Å². The molecular weight excluding hydrogens is 394 g/mol. The number of hydrogen-bond donors (Lipinski definition) is 3. The SMILES string of the molecule is O=c1[nH]c(Nc2cccc(O)c2)c(/C=C2\C=NN=C2c2cccc([N+](=O)[O-])c2)s1. The lowest BCUT2D eigenvalue weighted by atomic mass is 10.0. The number of phenols is 1. The maximum atomic E-state index is 11.9. The zero-order valence-corrected chi connectivity index (χ0v) is 15.5. The van der Waals surface area contributed by atoms with Gasteiger partial charge < -0.3 is 10.4 Å². The molecule has 0 bridgehead atoms. The highest BCUT2D eigenvalue weighted by atomic mass is 32.1. The largest absolute Gasteiger partial charge is 0.508 e. The molecule has 0 fully saturated rings. The fourth-order valence-electron chi connectivity index (χ4n) is 2.77. The predicted molar refractivity (Wildman–Crippen MR) is 112 cm³/mol. The standard InChI is InChI=1S/C19H13N5O4S/c25-15-6-2-4-13(9-15)21-18-16(29-19(26)22-18)8-12-10-20-23-17(12)11-3-1-5-14(7-11)24(27)28/h1-10,21,25H,(H,22,26)/b12-8+. The Hall–Kier alpha value is -4.05. The van der Waals surface area contributed by atoms with E-state index in [0.29, 0.717) is 33.2 Å². The number of nitrogens with one attached hydrogen (secondary N) is 2. The summed E-state index contributed by atoms with van der Waals surface area (Å²) < 4.78 is 0. The third-order valence-corrected chi connectivity index (χ3v) is 4.87. The molecule has 3 aromatic rings. The lowest BCUT2D eigenvalue weighted by Crippen LogP contribution is -2.03. The van der Waals surface area contributed by atoms with Gasteiger partial charge in [-0.1, -0.05) is 29.5 Å². The molecule has 0 unspecified atom stereocenters. The van der Waals surface area contributed by atoms with Crippen LogP contribution in [0.4, 0.5) is 17.2 Å². The van der Waals surface area contributed by atoms with Crippen LogP contribution >= 0.6 is 11.3 Å². The first-order valence-corrected chi connectivity index (χ1v) is 9.18. The summed E-state index contributed by atoms with van der Waals surface area (Å²) in [5, 5.41) is 31.7. The van der Waals surface area contributed by atoms with Gasteiger partial charge in [-0.25, -0.2) is 0 Å². The van der Waals surface area contributed by atoms with Crippen LogP contribution in [0, 0.1) is 10.1 Å². The van der Waals surface area contributed by atoms with Crippen molar-refractivity contribution in [2.45, 2.75) is 0 Å². The van der Waals surface area contributed by atoms with Gasteiger partial charge in [0.2, 0.25) is 0 Å².